The third-order valence-electron chi connectivity index (χ3n) is 4.66. The number of fused-ring (bicyclic) bond motifs is 2. The van der Waals surface area contributed by atoms with Gasteiger partial charge in [0, 0.05) is 10.9 Å². The number of halogens is 2. The zero-order chi connectivity index (χ0) is 16.1. The molecule has 0 radical (unpaired) electrons. The van der Waals surface area contributed by atoms with Gasteiger partial charge >= 0.3 is 0 Å². The van der Waals surface area contributed by atoms with E-state index in [9.17, 15) is 0 Å². The van der Waals surface area contributed by atoms with Crippen LogP contribution in [0.1, 0.15) is 41.9 Å². The Balaban J connectivity index is 1.97. The second-order valence-electron chi connectivity index (χ2n) is 6.08. The van der Waals surface area contributed by atoms with E-state index in [4.69, 9.17) is 16.6 Å². The third kappa shape index (κ3) is 2.39. The van der Waals surface area contributed by atoms with Gasteiger partial charge in [0.25, 0.3) is 0 Å². The van der Waals surface area contributed by atoms with Gasteiger partial charge in [-0.05, 0) is 54.7 Å². The predicted molar refractivity (Wildman–Crippen MR) is 97.3 cm³/mol. The van der Waals surface area contributed by atoms with Gasteiger partial charge in [0.05, 0.1) is 6.04 Å². The summed E-state index contributed by atoms with van der Waals surface area (Å²) in [5, 5.41) is 0.535. The van der Waals surface area contributed by atoms with E-state index in [0.717, 1.165) is 46.3 Å². The van der Waals surface area contributed by atoms with Crippen molar-refractivity contribution in [3.63, 3.8) is 0 Å². The average Bonchev–Trinajstić information content (AvgIpc) is 3.07. The first kappa shape index (κ1) is 15.2. The van der Waals surface area contributed by atoms with E-state index in [-0.39, 0.29) is 0 Å². The largest absolute Gasteiger partial charge is 0.305 e. The lowest BCUT2D eigenvalue weighted by molar-refractivity contribution is 0.567. The van der Waals surface area contributed by atoms with Gasteiger partial charge in [0.2, 0.25) is 0 Å². The summed E-state index contributed by atoms with van der Waals surface area (Å²) in [6.45, 7) is 4.19. The normalized spacial score (nSPS) is 17.0. The monoisotopic (exact) mass is 389 g/mol. The molecule has 5 heteroatoms. The molecule has 0 saturated heterocycles. The number of aryl methyl sites for hydroxylation is 3. The van der Waals surface area contributed by atoms with Crippen LogP contribution in [0.2, 0.25) is 5.15 Å². The van der Waals surface area contributed by atoms with Crippen LogP contribution in [-0.4, -0.2) is 14.5 Å². The predicted octanol–water partition coefficient (Wildman–Crippen LogP) is 5.25. The van der Waals surface area contributed by atoms with Crippen LogP contribution in [0.4, 0.5) is 0 Å². The molecular formula is C18H17BrClN3. The minimum absolute atomic E-state index is 0.295. The first-order chi connectivity index (χ1) is 11.1. The first-order valence-corrected chi connectivity index (χ1v) is 9.08. The summed E-state index contributed by atoms with van der Waals surface area (Å²) in [5.41, 5.74) is 5.75. The Bertz CT molecular complexity index is 916. The Hall–Kier alpha value is -1.39. The van der Waals surface area contributed by atoms with Gasteiger partial charge in [-0.1, -0.05) is 40.5 Å². The summed E-state index contributed by atoms with van der Waals surface area (Å²) >= 11 is 9.79. The SMILES string of the molecule is CCc1nc2c(C)cc(Cl)nc2n1[C@H]1CCc2cc(Br)ccc21. The molecule has 0 fully saturated rings. The average molecular weight is 391 g/mol. The molecule has 0 unspecified atom stereocenters. The molecule has 1 aliphatic rings. The van der Waals surface area contributed by atoms with Crippen molar-refractivity contribution in [2.45, 2.75) is 39.2 Å². The first-order valence-electron chi connectivity index (χ1n) is 7.90. The topological polar surface area (TPSA) is 30.7 Å². The molecule has 1 aliphatic carbocycles. The number of aromatic nitrogens is 3. The molecule has 3 nitrogen and oxygen atoms in total. The quantitative estimate of drug-likeness (QED) is 0.559. The van der Waals surface area contributed by atoms with E-state index < -0.39 is 0 Å². The molecule has 23 heavy (non-hydrogen) atoms. The highest BCUT2D eigenvalue weighted by Crippen LogP contribution is 2.38. The van der Waals surface area contributed by atoms with E-state index in [1.54, 1.807) is 0 Å². The number of benzene rings is 1. The van der Waals surface area contributed by atoms with Crippen molar-refractivity contribution >= 4 is 38.7 Å². The smallest absolute Gasteiger partial charge is 0.162 e. The second-order valence-corrected chi connectivity index (χ2v) is 7.39. The number of pyridine rings is 1. The summed E-state index contributed by atoms with van der Waals surface area (Å²) in [6.07, 6.45) is 3.05. The minimum Gasteiger partial charge on any atom is -0.305 e. The van der Waals surface area contributed by atoms with Gasteiger partial charge in [-0.25, -0.2) is 9.97 Å². The lowest BCUT2D eigenvalue weighted by atomic mass is 10.1. The van der Waals surface area contributed by atoms with Crippen LogP contribution in [0.25, 0.3) is 11.2 Å². The molecule has 0 N–H and O–H groups in total. The summed E-state index contributed by atoms with van der Waals surface area (Å²) in [5.74, 6) is 1.08. The number of hydrogen-bond donors (Lipinski definition) is 0. The zero-order valence-corrected chi connectivity index (χ0v) is 15.4. The van der Waals surface area contributed by atoms with Crippen molar-refractivity contribution in [1.82, 2.24) is 14.5 Å². The zero-order valence-electron chi connectivity index (χ0n) is 13.1. The highest BCUT2D eigenvalue weighted by atomic mass is 79.9. The van der Waals surface area contributed by atoms with Gasteiger partial charge in [0.1, 0.15) is 16.5 Å². The highest BCUT2D eigenvalue weighted by Gasteiger charge is 2.28. The van der Waals surface area contributed by atoms with Crippen LogP contribution in [0, 0.1) is 6.92 Å². The van der Waals surface area contributed by atoms with E-state index in [0.29, 0.717) is 11.2 Å². The lowest BCUT2D eigenvalue weighted by Crippen LogP contribution is -2.11. The van der Waals surface area contributed by atoms with Gasteiger partial charge in [-0.15, -0.1) is 0 Å². The number of nitrogens with zero attached hydrogens (tertiary/aromatic N) is 3. The van der Waals surface area contributed by atoms with Crippen molar-refractivity contribution in [3.05, 3.63) is 56.4 Å². The number of rotatable bonds is 2. The van der Waals surface area contributed by atoms with Gasteiger partial charge < -0.3 is 4.57 Å². The molecule has 1 atom stereocenters. The Morgan fingerprint density at radius 2 is 2.13 bits per heavy atom. The summed E-state index contributed by atoms with van der Waals surface area (Å²) in [6, 6.07) is 8.75. The summed E-state index contributed by atoms with van der Waals surface area (Å²) in [7, 11) is 0. The van der Waals surface area contributed by atoms with Gasteiger partial charge in [-0.3, -0.25) is 0 Å². The Morgan fingerprint density at radius 3 is 2.91 bits per heavy atom. The van der Waals surface area contributed by atoms with Gasteiger partial charge in [0.15, 0.2) is 5.65 Å². The second kappa shape index (κ2) is 5.60. The van der Waals surface area contributed by atoms with Crippen molar-refractivity contribution in [1.29, 1.82) is 0 Å². The Kier molecular flexibility index (Phi) is 3.69. The van der Waals surface area contributed by atoms with Crippen LogP contribution < -0.4 is 0 Å². The van der Waals surface area contributed by atoms with Crippen LogP contribution in [0.5, 0.6) is 0 Å². The van der Waals surface area contributed by atoms with E-state index in [2.05, 4.69) is 50.6 Å². The van der Waals surface area contributed by atoms with Crippen LogP contribution >= 0.6 is 27.5 Å². The molecule has 0 bridgehead atoms. The van der Waals surface area contributed by atoms with Crippen molar-refractivity contribution in [2.24, 2.45) is 0 Å². The van der Waals surface area contributed by atoms with Crippen LogP contribution in [0.3, 0.4) is 0 Å². The molecule has 0 spiro atoms. The fourth-order valence-electron chi connectivity index (χ4n) is 3.63. The molecule has 3 aromatic rings. The molecule has 4 rings (SSSR count). The summed E-state index contributed by atoms with van der Waals surface area (Å²) < 4.78 is 3.44. The molecule has 1 aromatic carbocycles. The van der Waals surface area contributed by atoms with E-state index >= 15 is 0 Å². The maximum atomic E-state index is 6.22. The molecule has 118 valence electrons. The van der Waals surface area contributed by atoms with E-state index in [1.807, 2.05) is 13.0 Å². The standard InChI is InChI=1S/C18H17BrClN3/c1-3-16-22-17-10(2)8-15(20)21-18(17)23(16)14-7-4-11-9-12(19)5-6-13(11)14/h5-6,8-9,14H,3-4,7H2,1-2H3/t14-/m0/s1. The van der Waals surface area contributed by atoms with Gasteiger partial charge in [-0.2, -0.15) is 0 Å². The van der Waals surface area contributed by atoms with E-state index in [1.165, 1.54) is 11.1 Å². The maximum Gasteiger partial charge on any atom is 0.162 e. The molecule has 2 aromatic heterocycles. The van der Waals surface area contributed by atoms with Crippen molar-refractivity contribution in [2.75, 3.05) is 0 Å². The van der Waals surface area contributed by atoms with Crippen LogP contribution in [0.15, 0.2) is 28.7 Å². The number of hydrogen-bond acceptors (Lipinski definition) is 2. The lowest BCUT2D eigenvalue weighted by Gasteiger charge is -2.17. The highest BCUT2D eigenvalue weighted by molar-refractivity contribution is 9.10. The molecular weight excluding hydrogens is 374 g/mol. The third-order valence-corrected chi connectivity index (χ3v) is 5.35. The number of imidazole rings is 1. The van der Waals surface area contributed by atoms with Crippen molar-refractivity contribution in [3.8, 4) is 0 Å². The molecule has 0 aliphatic heterocycles. The van der Waals surface area contributed by atoms with Crippen molar-refractivity contribution < 1.29 is 0 Å². The maximum absolute atomic E-state index is 6.22. The fourth-order valence-corrected chi connectivity index (χ4v) is 4.28. The minimum atomic E-state index is 0.295. The fraction of sp³-hybridized carbons (Fsp3) is 0.333. The molecule has 0 saturated carbocycles. The van der Waals surface area contributed by atoms with Crippen LogP contribution in [-0.2, 0) is 12.8 Å². The molecule has 2 heterocycles. The Morgan fingerprint density at radius 1 is 1.30 bits per heavy atom. The Labute approximate surface area is 148 Å². The summed E-state index contributed by atoms with van der Waals surface area (Å²) in [4.78, 5) is 9.44. The molecule has 0 amide bonds.